The number of nitrogens with zero attached hydrogens (tertiary/aromatic N) is 1. The van der Waals surface area contributed by atoms with E-state index in [0.717, 1.165) is 4.90 Å². The van der Waals surface area contributed by atoms with Crippen molar-refractivity contribution in [3.8, 4) is 0 Å². The number of carbonyl (C=O) groups is 1. The number of thioether (sulfide) groups is 1. The van der Waals surface area contributed by atoms with Gasteiger partial charge in [0, 0.05) is 0 Å². The normalized spacial score (nSPS) is 24.1. The number of fused-ring (bicyclic) bond motifs is 1. The van der Waals surface area contributed by atoms with Crippen molar-refractivity contribution in [3.05, 3.63) is 12.1 Å². The van der Waals surface area contributed by atoms with E-state index in [0.29, 0.717) is 11.6 Å². The van der Waals surface area contributed by atoms with Gasteiger partial charge in [-0.3, -0.25) is 0 Å². The molecule has 0 saturated carbocycles. The van der Waals surface area contributed by atoms with Crippen molar-refractivity contribution in [2.45, 2.75) is 16.7 Å². The van der Waals surface area contributed by atoms with E-state index in [1.165, 1.54) is 11.8 Å². The molecular weight excluding hydrogens is 202 g/mol. The third kappa shape index (κ3) is 1.27. The molecule has 2 rings (SSSR count). The fraction of sp³-hybridized carbons (Fsp3) is 0.250. The third-order valence-corrected chi connectivity index (χ3v) is 3.19. The summed E-state index contributed by atoms with van der Waals surface area (Å²) in [6, 6.07) is 3.42. The van der Waals surface area contributed by atoms with Gasteiger partial charge in [-0.1, -0.05) is 11.8 Å². The van der Waals surface area contributed by atoms with Crippen LogP contribution in [0.3, 0.4) is 0 Å². The average Bonchev–Trinajstić information content (AvgIpc) is 2.42. The number of carboxylic acid groups (broad SMARTS) is 1. The number of nitrogen functional groups attached to an aromatic ring is 1. The molecule has 0 saturated heterocycles. The van der Waals surface area contributed by atoms with Crippen LogP contribution in [0.4, 0.5) is 11.6 Å². The number of anilines is 2. The van der Waals surface area contributed by atoms with Crippen LogP contribution < -0.4 is 11.1 Å². The molecule has 1 aromatic heterocycles. The molecule has 2 heterocycles. The minimum Gasteiger partial charge on any atom is -0.479 e. The summed E-state index contributed by atoms with van der Waals surface area (Å²) in [7, 11) is 0. The Morgan fingerprint density at radius 3 is 3.07 bits per heavy atom. The van der Waals surface area contributed by atoms with Gasteiger partial charge in [0.05, 0.1) is 4.90 Å². The molecule has 0 bridgehead atoms. The Kier molecular flexibility index (Phi) is 1.81. The molecule has 6 heteroatoms. The quantitative estimate of drug-likeness (QED) is 0.641. The van der Waals surface area contributed by atoms with Crippen LogP contribution in [-0.4, -0.2) is 20.9 Å². The first kappa shape index (κ1) is 9.14. The summed E-state index contributed by atoms with van der Waals surface area (Å²) in [5.41, 5.74) is 5.49. The van der Waals surface area contributed by atoms with E-state index in [2.05, 4.69) is 10.3 Å². The lowest BCUT2D eigenvalue weighted by Crippen LogP contribution is -2.36. The Balaban J connectivity index is 2.39. The number of hydrogen-bond donors (Lipinski definition) is 3. The molecule has 0 radical (unpaired) electrons. The Morgan fingerprint density at radius 1 is 1.71 bits per heavy atom. The average molecular weight is 211 g/mol. The van der Waals surface area contributed by atoms with Crippen LogP contribution in [0.25, 0.3) is 0 Å². The largest absolute Gasteiger partial charge is 0.479 e. The van der Waals surface area contributed by atoms with Crippen LogP contribution in [0.1, 0.15) is 6.92 Å². The Hall–Kier alpha value is -1.43. The molecule has 4 N–H and O–H groups in total. The summed E-state index contributed by atoms with van der Waals surface area (Å²) in [4.78, 5) is 14.7. The monoisotopic (exact) mass is 211 g/mol. The first-order valence-corrected chi connectivity index (χ1v) is 4.80. The highest BCUT2D eigenvalue weighted by Crippen LogP contribution is 2.44. The molecule has 5 nitrogen and oxygen atoms in total. The smallest absolute Gasteiger partial charge is 0.340 e. The van der Waals surface area contributed by atoms with Gasteiger partial charge in [0.2, 0.25) is 0 Å². The number of pyridine rings is 1. The third-order valence-electron chi connectivity index (χ3n) is 1.96. The summed E-state index contributed by atoms with van der Waals surface area (Å²) in [5.74, 6) is 0.00506. The van der Waals surface area contributed by atoms with Gasteiger partial charge in [-0.15, -0.1) is 0 Å². The van der Waals surface area contributed by atoms with Crippen molar-refractivity contribution in [2.75, 3.05) is 11.1 Å². The van der Waals surface area contributed by atoms with Gasteiger partial charge in [0.15, 0.2) is 4.87 Å². The zero-order valence-corrected chi connectivity index (χ0v) is 8.26. The number of nitrogens with one attached hydrogen (secondary N) is 1. The van der Waals surface area contributed by atoms with Crippen LogP contribution >= 0.6 is 11.8 Å². The molecule has 0 aliphatic carbocycles. The van der Waals surface area contributed by atoms with Gasteiger partial charge in [0.1, 0.15) is 11.6 Å². The molecule has 0 amide bonds. The molecule has 74 valence electrons. The van der Waals surface area contributed by atoms with Gasteiger partial charge < -0.3 is 16.2 Å². The summed E-state index contributed by atoms with van der Waals surface area (Å²) in [6.45, 7) is 1.60. The molecule has 1 atom stereocenters. The van der Waals surface area contributed by atoms with Crippen molar-refractivity contribution in [2.24, 2.45) is 0 Å². The molecule has 0 aromatic carbocycles. The van der Waals surface area contributed by atoms with E-state index in [1.54, 1.807) is 19.1 Å². The number of nitrogens with two attached hydrogens (primary N) is 1. The van der Waals surface area contributed by atoms with Crippen LogP contribution in [0.5, 0.6) is 0 Å². The van der Waals surface area contributed by atoms with Crippen molar-refractivity contribution < 1.29 is 9.90 Å². The minimum absolute atomic E-state index is 0.381. The van der Waals surface area contributed by atoms with Crippen LogP contribution in [0, 0.1) is 0 Å². The lowest BCUT2D eigenvalue weighted by Gasteiger charge is -2.16. The van der Waals surface area contributed by atoms with Gasteiger partial charge in [-0.05, 0) is 19.1 Å². The second-order valence-corrected chi connectivity index (χ2v) is 4.61. The summed E-state index contributed by atoms with van der Waals surface area (Å²) in [5, 5.41) is 11.8. The summed E-state index contributed by atoms with van der Waals surface area (Å²) in [6.07, 6.45) is 0. The first-order chi connectivity index (χ1) is 6.51. The first-order valence-electron chi connectivity index (χ1n) is 3.98. The van der Waals surface area contributed by atoms with Crippen molar-refractivity contribution in [3.63, 3.8) is 0 Å². The molecule has 1 aliphatic rings. The highest BCUT2D eigenvalue weighted by Gasteiger charge is 2.41. The summed E-state index contributed by atoms with van der Waals surface area (Å²) < 4.78 is 0. The Bertz CT molecular complexity index is 410. The number of aromatic nitrogens is 1. The molecular formula is C8H9N3O2S. The fourth-order valence-electron chi connectivity index (χ4n) is 1.20. The van der Waals surface area contributed by atoms with E-state index < -0.39 is 10.8 Å². The van der Waals surface area contributed by atoms with Crippen molar-refractivity contribution in [1.82, 2.24) is 4.98 Å². The lowest BCUT2D eigenvalue weighted by atomic mass is 10.3. The van der Waals surface area contributed by atoms with E-state index in [-0.39, 0.29) is 0 Å². The standard InChI is InChI=1S/C8H9N3O2S/c1-8(7(12)13)11-6-4(14-8)2-3-5(9)10-6/h2-3H,1H3,(H,12,13)(H3,9,10,11). The van der Waals surface area contributed by atoms with E-state index in [1.807, 2.05) is 0 Å². The number of hydrogen-bond acceptors (Lipinski definition) is 5. The SMILES string of the molecule is CC1(C(=O)O)Nc2nc(N)ccc2S1. The lowest BCUT2D eigenvalue weighted by molar-refractivity contribution is -0.138. The van der Waals surface area contributed by atoms with Gasteiger partial charge in [0.25, 0.3) is 0 Å². The maximum Gasteiger partial charge on any atom is 0.340 e. The van der Waals surface area contributed by atoms with Crippen LogP contribution in [-0.2, 0) is 4.79 Å². The van der Waals surface area contributed by atoms with Crippen LogP contribution in [0.2, 0.25) is 0 Å². The Labute approximate surface area is 84.7 Å². The summed E-state index contributed by atoms with van der Waals surface area (Å²) >= 11 is 1.23. The second-order valence-electron chi connectivity index (χ2n) is 3.15. The molecule has 1 aromatic rings. The highest BCUT2D eigenvalue weighted by atomic mass is 32.2. The topological polar surface area (TPSA) is 88.2 Å². The number of aliphatic carboxylic acids is 1. The number of carboxylic acids is 1. The van der Waals surface area contributed by atoms with Crippen molar-refractivity contribution in [1.29, 1.82) is 0 Å². The molecule has 1 unspecified atom stereocenters. The second kappa shape index (κ2) is 2.78. The highest BCUT2D eigenvalue weighted by molar-refractivity contribution is 8.02. The van der Waals surface area contributed by atoms with E-state index in [4.69, 9.17) is 10.8 Å². The van der Waals surface area contributed by atoms with Gasteiger partial charge >= 0.3 is 5.97 Å². The molecule has 14 heavy (non-hydrogen) atoms. The zero-order chi connectivity index (χ0) is 10.3. The van der Waals surface area contributed by atoms with Gasteiger partial charge in [-0.25, -0.2) is 9.78 Å². The van der Waals surface area contributed by atoms with Gasteiger partial charge in [-0.2, -0.15) is 0 Å². The van der Waals surface area contributed by atoms with Crippen molar-refractivity contribution >= 4 is 29.4 Å². The predicted molar refractivity (Wildman–Crippen MR) is 54.2 cm³/mol. The molecule has 0 spiro atoms. The number of rotatable bonds is 1. The minimum atomic E-state index is -1.04. The van der Waals surface area contributed by atoms with Crippen LogP contribution in [0.15, 0.2) is 17.0 Å². The predicted octanol–water partition coefficient (Wildman–Crippen LogP) is 0.982. The Morgan fingerprint density at radius 2 is 2.43 bits per heavy atom. The maximum atomic E-state index is 10.9. The van der Waals surface area contributed by atoms with E-state index >= 15 is 0 Å². The van der Waals surface area contributed by atoms with E-state index in [9.17, 15) is 4.79 Å². The molecule has 0 fully saturated rings. The molecule has 1 aliphatic heterocycles. The maximum absolute atomic E-state index is 10.9. The zero-order valence-electron chi connectivity index (χ0n) is 7.44. The fourth-order valence-corrected chi connectivity index (χ4v) is 2.21.